The SMILES string of the molecule is Cc1nc(C)c(C(=O)C2=C(O)C(=O)N(Cc3ccco3)C2c2ccc(Br)cc2)s1. The van der Waals surface area contributed by atoms with Crippen LogP contribution in [0.3, 0.4) is 0 Å². The number of nitrogens with zero attached hydrogens (tertiary/aromatic N) is 2. The molecule has 0 aliphatic carbocycles. The lowest BCUT2D eigenvalue weighted by Crippen LogP contribution is -2.30. The Morgan fingerprint density at radius 1 is 1.28 bits per heavy atom. The van der Waals surface area contributed by atoms with E-state index in [2.05, 4.69) is 20.9 Å². The predicted octanol–water partition coefficient (Wildman–Crippen LogP) is 4.89. The highest BCUT2D eigenvalue weighted by atomic mass is 79.9. The van der Waals surface area contributed by atoms with Crippen molar-refractivity contribution in [2.75, 3.05) is 0 Å². The van der Waals surface area contributed by atoms with Crippen LogP contribution in [0, 0.1) is 13.8 Å². The van der Waals surface area contributed by atoms with Crippen molar-refractivity contribution in [2.45, 2.75) is 26.4 Å². The Hall–Kier alpha value is -2.71. The molecule has 1 N–H and O–H groups in total. The van der Waals surface area contributed by atoms with Crippen LogP contribution in [0.15, 0.2) is 62.9 Å². The molecule has 6 nitrogen and oxygen atoms in total. The van der Waals surface area contributed by atoms with E-state index in [1.165, 1.54) is 22.5 Å². The van der Waals surface area contributed by atoms with Crippen molar-refractivity contribution in [3.8, 4) is 0 Å². The minimum atomic E-state index is -0.727. The summed E-state index contributed by atoms with van der Waals surface area (Å²) in [7, 11) is 0. The minimum absolute atomic E-state index is 0.0654. The largest absolute Gasteiger partial charge is 0.503 e. The van der Waals surface area contributed by atoms with Crippen LogP contribution >= 0.6 is 27.3 Å². The van der Waals surface area contributed by atoms with Crippen molar-refractivity contribution >= 4 is 39.0 Å². The van der Waals surface area contributed by atoms with Gasteiger partial charge in [0.05, 0.1) is 40.0 Å². The van der Waals surface area contributed by atoms with Crippen LogP contribution in [-0.2, 0) is 11.3 Å². The molecule has 0 saturated heterocycles. The number of amides is 1. The average molecular weight is 473 g/mol. The summed E-state index contributed by atoms with van der Waals surface area (Å²) in [6.45, 7) is 3.70. The van der Waals surface area contributed by atoms with Crippen LogP contribution in [-0.4, -0.2) is 26.7 Å². The van der Waals surface area contributed by atoms with Crippen molar-refractivity contribution in [2.24, 2.45) is 0 Å². The van der Waals surface area contributed by atoms with E-state index >= 15 is 0 Å². The number of hydrogen-bond acceptors (Lipinski definition) is 6. The van der Waals surface area contributed by atoms with E-state index < -0.39 is 17.7 Å². The number of thiazole rings is 1. The number of aryl methyl sites for hydroxylation is 2. The van der Waals surface area contributed by atoms with Gasteiger partial charge in [-0.1, -0.05) is 28.1 Å². The van der Waals surface area contributed by atoms with Gasteiger partial charge in [-0.25, -0.2) is 4.98 Å². The summed E-state index contributed by atoms with van der Waals surface area (Å²) >= 11 is 4.66. The maximum absolute atomic E-state index is 13.4. The molecule has 0 bridgehead atoms. The number of aliphatic hydroxyl groups is 1. The highest BCUT2D eigenvalue weighted by Gasteiger charge is 2.44. The Morgan fingerprint density at radius 3 is 2.59 bits per heavy atom. The molecule has 3 heterocycles. The summed E-state index contributed by atoms with van der Waals surface area (Å²) in [5, 5.41) is 11.4. The van der Waals surface area contributed by atoms with E-state index in [1.54, 1.807) is 19.1 Å². The van der Waals surface area contributed by atoms with Gasteiger partial charge < -0.3 is 14.4 Å². The summed E-state index contributed by atoms with van der Waals surface area (Å²) in [5.41, 5.74) is 1.37. The highest BCUT2D eigenvalue weighted by molar-refractivity contribution is 9.10. The maximum atomic E-state index is 13.4. The topological polar surface area (TPSA) is 83.6 Å². The second-order valence-corrected chi connectivity index (χ2v) is 8.82. The first-order valence-electron chi connectivity index (χ1n) is 8.87. The number of hydrogen-bond donors (Lipinski definition) is 1. The van der Waals surface area contributed by atoms with E-state index in [-0.39, 0.29) is 17.9 Å². The number of halogens is 1. The molecule has 1 atom stereocenters. The lowest BCUT2D eigenvalue weighted by Gasteiger charge is -2.26. The van der Waals surface area contributed by atoms with E-state index in [1.807, 2.05) is 31.2 Å². The molecular formula is C21H17BrN2O4S. The molecular weight excluding hydrogens is 456 g/mol. The fourth-order valence-electron chi connectivity index (χ4n) is 3.48. The second-order valence-electron chi connectivity index (χ2n) is 6.71. The summed E-state index contributed by atoms with van der Waals surface area (Å²) in [6.07, 6.45) is 1.52. The van der Waals surface area contributed by atoms with Gasteiger partial charge in [0.1, 0.15) is 5.76 Å². The third kappa shape index (κ3) is 3.54. The fourth-order valence-corrected chi connectivity index (χ4v) is 4.61. The standard InChI is InChI=1S/C21H17BrN2O4S/c1-11-20(29-12(2)23-11)18(25)16-17(13-5-7-14(22)8-6-13)24(21(27)19(16)26)10-15-4-3-9-28-15/h3-9,17,26H,10H2,1-2H3. The van der Waals surface area contributed by atoms with Crippen molar-refractivity contribution in [1.82, 2.24) is 9.88 Å². The minimum Gasteiger partial charge on any atom is -0.503 e. The van der Waals surface area contributed by atoms with E-state index in [0.717, 1.165) is 15.0 Å². The Bertz CT molecular complexity index is 1120. The summed E-state index contributed by atoms with van der Waals surface area (Å²) in [4.78, 5) is 32.5. The smallest absolute Gasteiger partial charge is 0.290 e. The van der Waals surface area contributed by atoms with Crippen LogP contribution in [0.1, 0.15) is 37.7 Å². The number of benzene rings is 1. The van der Waals surface area contributed by atoms with Crippen molar-refractivity contribution in [3.63, 3.8) is 0 Å². The van der Waals surface area contributed by atoms with Gasteiger partial charge in [-0.15, -0.1) is 11.3 Å². The van der Waals surface area contributed by atoms with Gasteiger partial charge in [0.2, 0.25) is 5.78 Å². The molecule has 29 heavy (non-hydrogen) atoms. The summed E-state index contributed by atoms with van der Waals surface area (Å²) < 4.78 is 6.26. The quantitative estimate of drug-likeness (QED) is 0.534. The molecule has 1 aliphatic rings. The third-order valence-corrected chi connectivity index (χ3v) is 6.35. The molecule has 3 aromatic rings. The Morgan fingerprint density at radius 2 is 2.00 bits per heavy atom. The lowest BCUT2D eigenvalue weighted by molar-refractivity contribution is -0.130. The number of Topliss-reactive ketones (excluding diaryl/α,β-unsaturated/α-hetero) is 1. The first-order valence-corrected chi connectivity index (χ1v) is 10.5. The number of furan rings is 1. The number of aromatic nitrogens is 1. The molecule has 2 aromatic heterocycles. The molecule has 0 spiro atoms. The van der Waals surface area contributed by atoms with Crippen LogP contribution in [0.5, 0.6) is 0 Å². The molecule has 148 valence electrons. The number of carbonyl (C=O) groups excluding carboxylic acids is 2. The van der Waals surface area contributed by atoms with Crippen LogP contribution < -0.4 is 0 Å². The van der Waals surface area contributed by atoms with Gasteiger partial charge >= 0.3 is 0 Å². The molecule has 0 fully saturated rings. The molecule has 0 radical (unpaired) electrons. The summed E-state index contributed by atoms with van der Waals surface area (Å²) in [5.74, 6) is -0.947. The zero-order valence-corrected chi connectivity index (χ0v) is 18.1. The number of aliphatic hydroxyl groups excluding tert-OH is 1. The molecule has 4 rings (SSSR count). The molecule has 1 aliphatic heterocycles. The predicted molar refractivity (Wildman–Crippen MR) is 112 cm³/mol. The molecule has 1 amide bonds. The number of ketones is 1. The second kappa shape index (κ2) is 7.61. The van der Waals surface area contributed by atoms with E-state index in [9.17, 15) is 14.7 Å². The first kappa shape index (κ1) is 19.6. The van der Waals surface area contributed by atoms with Gasteiger partial charge in [-0.3, -0.25) is 9.59 Å². The molecule has 1 aromatic carbocycles. The van der Waals surface area contributed by atoms with Gasteiger partial charge in [-0.2, -0.15) is 0 Å². The Kier molecular flexibility index (Phi) is 5.14. The third-order valence-electron chi connectivity index (χ3n) is 4.75. The van der Waals surface area contributed by atoms with Gasteiger partial charge in [-0.05, 0) is 43.7 Å². The zero-order chi connectivity index (χ0) is 20.7. The highest BCUT2D eigenvalue weighted by Crippen LogP contribution is 2.41. The van der Waals surface area contributed by atoms with E-state index in [4.69, 9.17) is 4.42 Å². The van der Waals surface area contributed by atoms with Gasteiger partial charge in [0.25, 0.3) is 5.91 Å². The van der Waals surface area contributed by atoms with Gasteiger partial charge in [0.15, 0.2) is 5.76 Å². The molecule has 1 unspecified atom stereocenters. The van der Waals surface area contributed by atoms with Gasteiger partial charge in [0, 0.05) is 4.47 Å². The Balaban J connectivity index is 1.82. The Labute approximate surface area is 179 Å². The summed E-state index contributed by atoms with van der Waals surface area (Å²) in [6, 6.07) is 10.1. The zero-order valence-electron chi connectivity index (χ0n) is 15.7. The van der Waals surface area contributed by atoms with Crippen molar-refractivity contribution in [1.29, 1.82) is 0 Å². The fraction of sp³-hybridized carbons (Fsp3) is 0.190. The van der Waals surface area contributed by atoms with Crippen LogP contribution in [0.2, 0.25) is 0 Å². The number of carbonyl (C=O) groups is 2. The lowest BCUT2D eigenvalue weighted by atomic mass is 9.95. The monoisotopic (exact) mass is 472 g/mol. The van der Waals surface area contributed by atoms with Crippen LogP contribution in [0.4, 0.5) is 0 Å². The first-order chi connectivity index (χ1) is 13.9. The number of rotatable bonds is 5. The molecule has 8 heteroatoms. The normalized spacial score (nSPS) is 16.7. The van der Waals surface area contributed by atoms with Crippen molar-refractivity contribution in [3.05, 3.63) is 85.4 Å². The maximum Gasteiger partial charge on any atom is 0.290 e. The molecule has 0 saturated carbocycles. The van der Waals surface area contributed by atoms with Crippen molar-refractivity contribution < 1.29 is 19.1 Å². The van der Waals surface area contributed by atoms with Crippen LogP contribution in [0.25, 0.3) is 0 Å². The van der Waals surface area contributed by atoms with E-state index in [0.29, 0.717) is 16.3 Å². The average Bonchev–Trinajstić information content (AvgIpc) is 3.38.